The first-order valence-corrected chi connectivity index (χ1v) is 8.01. The fourth-order valence-electron chi connectivity index (χ4n) is 2.68. The Morgan fingerprint density at radius 1 is 1.09 bits per heavy atom. The van der Waals surface area contributed by atoms with Gasteiger partial charge in [-0.15, -0.1) is 12.4 Å². The molecule has 23 heavy (non-hydrogen) atoms. The molecule has 7 heteroatoms. The lowest BCUT2D eigenvalue weighted by atomic mass is 9.82. The molecule has 1 aliphatic carbocycles. The molecular formula is C16H23Cl2N3O2. The molecule has 0 aromatic heterocycles. The number of carbonyl (C=O) groups is 2. The van der Waals surface area contributed by atoms with Crippen LogP contribution in [0.1, 0.15) is 42.5 Å². The van der Waals surface area contributed by atoms with Crippen molar-refractivity contribution in [1.29, 1.82) is 0 Å². The van der Waals surface area contributed by atoms with E-state index in [1.807, 2.05) is 0 Å². The van der Waals surface area contributed by atoms with Crippen LogP contribution < -0.4 is 16.4 Å². The van der Waals surface area contributed by atoms with Crippen LogP contribution in [-0.2, 0) is 4.79 Å². The third kappa shape index (κ3) is 5.37. The highest BCUT2D eigenvalue weighted by molar-refractivity contribution is 6.33. The quantitative estimate of drug-likeness (QED) is 0.705. The summed E-state index contributed by atoms with van der Waals surface area (Å²) in [6, 6.07) is 6.85. The second kappa shape index (κ2) is 9.11. The van der Waals surface area contributed by atoms with Crippen molar-refractivity contribution in [3.63, 3.8) is 0 Å². The van der Waals surface area contributed by atoms with Gasteiger partial charge in [-0.2, -0.15) is 0 Å². The number of amides is 2. The van der Waals surface area contributed by atoms with Gasteiger partial charge in [-0.25, -0.2) is 0 Å². The van der Waals surface area contributed by atoms with E-state index >= 15 is 0 Å². The summed E-state index contributed by atoms with van der Waals surface area (Å²) in [6.45, 7) is 0.694. The highest BCUT2D eigenvalue weighted by Crippen LogP contribution is 2.25. The monoisotopic (exact) mass is 359 g/mol. The van der Waals surface area contributed by atoms with Gasteiger partial charge in [0.05, 0.1) is 16.1 Å². The lowest BCUT2D eigenvalue weighted by Crippen LogP contribution is -2.55. The Bertz CT molecular complexity index is 546. The Hall–Kier alpha value is -1.30. The third-order valence-electron chi connectivity index (χ3n) is 4.01. The largest absolute Gasteiger partial charge is 0.353 e. The van der Waals surface area contributed by atoms with Crippen molar-refractivity contribution in [3.8, 4) is 0 Å². The van der Waals surface area contributed by atoms with Crippen LogP contribution >= 0.6 is 24.0 Å². The first-order chi connectivity index (χ1) is 10.5. The Morgan fingerprint density at radius 2 is 1.70 bits per heavy atom. The third-order valence-corrected chi connectivity index (χ3v) is 4.34. The molecule has 2 rings (SSSR count). The zero-order valence-electron chi connectivity index (χ0n) is 12.9. The van der Waals surface area contributed by atoms with Crippen molar-refractivity contribution in [3.05, 3.63) is 34.9 Å². The van der Waals surface area contributed by atoms with Gasteiger partial charge in [-0.1, -0.05) is 43.0 Å². The van der Waals surface area contributed by atoms with Gasteiger partial charge in [0.25, 0.3) is 5.91 Å². The van der Waals surface area contributed by atoms with E-state index in [1.165, 1.54) is 0 Å². The first kappa shape index (κ1) is 19.7. The lowest BCUT2D eigenvalue weighted by Gasteiger charge is -2.31. The standard InChI is InChI=1S/C16H22ClN3O2.ClH/c17-13-7-3-2-6-12(13)14(21)19-10-11-20-15(22)16(18)8-4-1-5-9-16;/h2-3,6-7H,1,4-5,8-11,18H2,(H,19,21)(H,20,22);1H. The molecule has 0 aliphatic heterocycles. The van der Waals surface area contributed by atoms with E-state index in [0.29, 0.717) is 23.7 Å². The summed E-state index contributed by atoms with van der Waals surface area (Å²) in [5, 5.41) is 5.94. The van der Waals surface area contributed by atoms with Gasteiger partial charge in [0.2, 0.25) is 5.91 Å². The van der Waals surface area contributed by atoms with Crippen LogP contribution in [0.4, 0.5) is 0 Å². The predicted molar refractivity (Wildman–Crippen MR) is 94.0 cm³/mol. The number of carbonyl (C=O) groups excluding carboxylic acids is 2. The van der Waals surface area contributed by atoms with E-state index in [1.54, 1.807) is 24.3 Å². The maximum atomic E-state index is 12.1. The van der Waals surface area contributed by atoms with E-state index in [-0.39, 0.29) is 24.2 Å². The zero-order chi connectivity index (χ0) is 16.0. The molecule has 0 heterocycles. The van der Waals surface area contributed by atoms with Crippen molar-refractivity contribution >= 4 is 35.8 Å². The molecule has 4 N–H and O–H groups in total. The minimum absolute atomic E-state index is 0. The minimum Gasteiger partial charge on any atom is -0.353 e. The topological polar surface area (TPSA) is 84.2 Å². The smallest absolute Gasteiger partial charge is 0.252 e. The summed E-state index contributed by atoms with van der Waals surface area (Å²) in [5.74, 6) is -0.376. The van der Waals surface area contributed by atoms with Gasteiger partial charge in [-0.3, -0.25) is 9.59 Å². The summed E-state index contributed by atoms with van der Waals surface area (Å²) in [6.07, 6.45) is 4.58. The van der Waals surface area contributed by atoms with Crippen molar-refractivity contribution in [2.75, 3.05) is 13.1 Å². The van der Waals surface area contributed by atoms with Gasteiger partial charge in [0.1, 0.15) is 0 Å². The van der Waals surface area contributed by atoms with Crippen molar-refractivity contribution in [1.82, 2.24) is 10.6 Å². The van der Waals surface area contributed by atoms with E-state index in [0.717, 1.165) is 32.1 Å². The molecule has 0 atom stereocenters. The highest BCUT2D eigenvalue weighted by atomic mass is 35.5. The number of halogens is 2. The van der Waals surface area contributed by atoms with Gasteiger partial charge in [0.15, 0.2) is 0 Å². The summed E-state index contributed by atoms with van der Waals surface area (Å²) >= 11 is 5.96. The van der Waals surface area contributed by atoms with Crippen LogP contribution in [0.15, 0.2) is 24.3 Å². The molecule has 0 unspecified atom stereocenters. The summed E-state index contributed by atoms with van der Waals surface area (Å²) in [5.41, 5.74) is 5.82. The van der Waals surface area contributed by atoms with Crippen molar-refractivity contribution in [2.24, 2.45) is 5.73 Å². The Labute approximate surface area is 147 Å². The molecule has 0 spiro atoms. The van der Waals surface area contributed by atoms with Gasteiger partial charge < -0.3 is 16.4 Å². The first-order valence-electron chi connectivity index (χ1n) is 7.63. The van der Waals surface area contributed by atoms with Crippen LogP contribution in [0.5, 0.6) is 0 Å². The molecule has 2 amide bonds. The zero-order valence-corrected chi connectivity index (χ0v) is 14.5. The number of nitrogens with two attached hydrogens (primary N) is 1. The molecule has 128 valence electrons. The number of nitrogens with one attached hydrogen (secondary N) is 2. The van der Waals surface area contributed by atoms with Crippen LogP contribution in [0.3, 0.4) is 0 Å². The van der Waals surface area contributed by atoms with Crippen LogP contribution in [0.2, 0.25) is 5.02 Å². The van der Waals surface area contributed by atoms with Crippen LogP contribution in [0.25, 0.3) is 0 Å². The van der Waals surface area contributed by atoms with Crippen molar-refractivity contribution < 1.29 is 9.59 Å². The number of rotatable bonds is 5. The number of hydrogen-bond donors (Lipinski definition) is 3. The second-order valence-electron chi connectivity index (χ2n) is 5.71. The minimum atomic E-state index is -0.745. The Balaban J connectivity index is 0.00000264. The molecule has 1 aliphatic rings. The average Bonchev–Trinajstić information content (AvgIpc) is 2.52. The van der Waals surface area contributed by atoms with Gasteiger partial charge >= 0.3 is 0 Å². The second-order valence-corrected chi connectivity index (χ2v) is 6.12. The SMILES string of the molecule is Cl.NC1(C(=O)NCCNC(=O)c2ccccc2Cl)CCCCC1. The van der Waals surface area contributed by atoms with Crippen LogP contribution in [-0.4, -0.2) is 30.4 Å². The predicted octanol–water partition coefficient (Wildman–Crippen LogP) is 2.27. The molecule has 0 saturated heterocycles. The summed E-state index contributed by atoms with van der Waals surface area (Å²) < 4.78 is 0. The van der Waals surface area contributed by atoms with Gasteiger partial charge in [0, 0.05) is 13.1 Å². The molecular weight excluding hydrogens is 337 g/mol. The Morgan fingerprint density at radius 3 is 2.35 bits per heavy atom. The molecule has 5 nitrogen and oxygen atoms in total. The molecule has 1 aromatic carbocycles. The normalized spacial score (nSPS) is 16.1. The van der Waals surface area contributed by atoms with E-state index in [2.05, 4.69) is 10.6 Å². The summed E-state index contributed by atoms with van der Waals surface area (Å²) in [4.78, 5) is 24.1. The number of benzene rings is 1. The molecule has 0 bridgehead atoms. The Kier molecular flexibility index (Phi) is 7.82. The van der Waals surface area contributed by atoms with Crippen LogP contribution in [0, 0.1) is 0 Å². The maximum absolute atomic E-state index is 12.1. The molecule has 1 fully saturated rings. The number of hydrogen-bond acceptors (Lipinski definition) is 3. The maximum Gasteiger partial charge on any atom is 0.252 e. The fourth-order valence-corrected chi connectivity index (χ4v) is 2.90. The lowest BCUT2D eigenvalue weighted by molar-refractivity contribution is -0.127. The molecule has 0 radical (unpaired) electrons. The molecule has 1 aromatic rings. The van der Waals surface area contributed by atoms with Gasteiger partial charge in [-0.05, 0) is 25.0 Å². The van der Waals surface area contributed by atoms with E-state index in [9.17, 15) is 9.59 Å². The van der Waals surface area contributed by atoms with E-state index < -0.39 is 5.54 Å². The highest BCUT2D eigenvalue weighted by Gasteiger charge is 2.34. The van der Waals surface area contributed by atoms with Crippen molar-refractivity contribution in [2.45, 2.75) is 37.6 Å². The molecule has 1 saturated carbocycles. The fraction of sp³-hybridized carbons (Fsp3) is 0.500. The average molecular weight is 360 g/mol. The summed E-state index contributed by atoms with van der Waals surface area (Å²) in [7, 11) is 0. The van der Waals surface area contributed by atoms with E-state index in [4.69, 9.17) is 17.3 Å².